The van der Waals surface area contributed by atoms with E-state index >= 15 is 0 Å². The quantitative estimate of drug-likeness (QED) is 0.374. The van der Waals surface area contributed by atoms with E-state index < -0.39 is 0 Å². The summed E-state index contributed by atoms with van der Waals surface area (Å²) in [5.74, 6) is 0.533. The Kier molecular flexibility index (Phi) is 15.1. The van der Waals surface area contributed by atoms with Gasteiger partial charge in [-0.25, -0.2) is 0 Å². The highest BCUT2D eigenvalue weighted by atomic mass is 16.5. The molecule has 1 saturated carbocycles. The molecule has 0 atom stereocenters. The van der Waals surface area contributed by atoms with Crippen LogP contribution in [0.25, 0.3) is 0 Å². The number of amides is 1. The Morgan fingerprint density at radius 3 is 2.19 bits per heavy atom. The van der Waals surface area contributed by atoms with Crippen molar-refractivity contribution in [2.75, 3.05) is 40.0 Å². The van der Waals surface area contributed by atoms with Crippen molar-refractivity contribution >= 4 is 18.0 Å². The molecule has 0 aliphatic heterocycles. The van der Waals surface area contributed by atoms with Crippen LogP contribution in [-0.4, -0.2) is 64.0 Å². The van der Waals surface area contributed by atoms with Crippen molar-refractivity contribution in [1.29, 1.82) is 0 Å². The van der Waals surface area contributed by atoms with Crippen molar-refractivity contribution in [2.24, 2.45) is 11.8 Å². The summed E-state index contributed by atoms with van der Waals surface area (Å²) in [5.41, 5.74) is 0. The fourth-order valence-electron chi connectivity index (χ4n) is 2.40. The lowest BCUT2D eigenvalue weighted by Gasteiger charge is -2.35. The zero-order valence-corrected chi connectivity index (χ0v) is 16.7. The van der Waals surface area contributed by atoms with Gasteiger partial charge in [0.05, 0.1) is 26.4 Å². The van der Waals surface area contributed by atoms with Gasteiger partial charge >= 0.3 is 0 Å². The summed E-state index contributed by atoms with van der Waals surface area (Å²) in [6.07, 6.45) is 3.43. The molecule has 0 radical (unpaired) electrons. The number of hydrogen-bond donors (Lipinski definition) is 2. The zero-order valence-electron chi connectivity index (χ0n) is 16.7. The maximum absolute atomic E-state index is 11.7. The SMILES string of the molecule is CCC=O.CNCCOCCOCCC(=O)NC1CC(C(=O)C(C)C)C1. The van der Waals surface area contributed by atoms with E-state index in [-0.39, 0.29) is 23.8 Å². The summed E-state index contributed by atoms with van der Waals surface area (Å²) in [5, 5.41) is 5.94. The Morgan fingerprint density at radius 1 is 1.12 bits per heavy atom. The molecule has 0 spiro atoms. The Morgan fingerprint density at radius 2 is 1.69 bits per heavy atom. The molecular weight excluding hydrogens is 336 g/mol. The van der Waals surface area contributed by atoms with Gasteiger partial charge in [-0.1, -0.05) is 20.8 Å². The second-order valence-electron chi connectivity index (χ2n) is 6.64. The van der Waals surface area contributed by atoms with E-state index in [2.05, 4.69) is 10.6 Å². The molecule has 0 aromatic rings. The standard InChI is InChI=1S/C16H30N2O4.C3H6O/c1-12(2)16(20)13-10-14(11-13)18-15(19)4-6-21-8-9-22-7-5-17-3;1-2-3-4/h12-14,17H,4-11H2,1-3H3,(H,18,19);3H,2H2,1H3. The molecule has 0 aromatic carbocycles. The van der Waals surface area contributed by atoms with Crippen LogP contribution in [0.1, 0.15) is 46.5 Å². The van der Waals surface area contributed by atoms with Gasteiger partial charge in [0.25, 0.3) is 0 Å². The zero-order chi connectivity index (χ0) is 19.8. The van der Waals surface area contributed by atoms with Crippen LogP contribution >= 0.6 is 0 Å². The van der Waals surface area contributed by atoms with Gasteiger partial charge in [0.15, 0.2) is 0 Å². The van der Waals surface area contributed by atoms with Crippen molar-refractivity contribution < 1.29 is 23.9 Å². The van der Waals surface area contributed by atoms with E-state index in [1.54, 1.807) is 0 Å². The lowest BCUT2D eigenvalue weighted by Crippen LogP contribution is -2.47. The molecule has 1 aliphatic carbocycles. The van der Waals surface area contributed by atoms with E-state index in [0.717, 1.165) is 25.7 Å². The minimum Gasteiger partial charge on any atom is -0.379 e. The molecule has 0 bridgehead atoms. The Labute approximate surface area is 157 Å². The molecule has 0 saturated heterocycles. The summed E-state index contributed by atoms with van der Waals surface area (Å²) in [4.78, 5) is 32.6. The second-order valence-corrected chi connectivity index (χ2v) is 6.64. The summed E-state index contributed by atoms with van der Waals surface area (Å²) in [6, 6.07) is 0.157. The fraction of sp³-hybridized carbons (Fsp3) is 0.842. The third kappa shape index (κ3) is 12.1. The van der Waals surface area contributed by atoms with Crippen molar-refractivity contribution in [3.05, 3.63) is 0 Å². The Bertz CT molecular complexity index is 395. The molecule has 152 valence electrons. The minimum absolute atomic E-state index is 0.00320. The first-order valence-corrected chi connectivity index (χ1v) is 9.52. The normalized spacial score (nSPS) is 18.5. The second kappa shape index (κ2) is 15.9. The lowest BCUT2D eigenvalue weighted by molar-refractivity contribution is -0.131. The number of likely N-dealkylation sites (N-methyl/N-ethyl adjacent to an activating group) is 1. The molecule has 0 heterocycles. The van der Waals surface area contributed by atoms with Crippen LogP contribution in [0.4, 0.5) is 0 Å². The van der Waals surface area contributed by atoms with Crippen LogP contribution in [0.5, 0.6) is 0 Å². The van der Waals surface area contributed by atoms with E-state index in [9.17, 15) is 14.4 Å². The first-order chi connectivity index (χ1) is 12.5. The highest BCUT2D eigenvalue weighted by molar-refractivity contribution is 5.84. The number of aldehydes is 1. The topological polar surface area (TPSA) is 93.7 Å². The predicted octanol–water partition coefficient (Wildman–Crippen LogP) is 1.34. The predicted molar refractivity (Wildman–Crippen MR) is 101 cm³/mol. The first kappa shape index (κ1) is 24.7. The van der Waals surface area contributed by atoms with Crippen molar-refractivity contribution in [3.8, 4) is 0 Å². The molecule has 7 heteroatoms. The molecule has 1 amide bonds. The molecule has 0 aromatic heterocycles. The number of carbonyl (C=O) groups excluding carboxylic acids is 3. The third-order valence-electron chi connectivity index (χ3n) is 3.98. The number of carbonyl (C=O) groups is 3. The molecule has 26 heavy (non-hydrogen) atoms. The summed E-state index contributed by atoms with van der Waals surface area (Å²) >= 11 is 0. The molecule has 7 nitrogen and oxygen atoms in total. The Hall–Kier alpha value is -1.31. The number of ether oxygens (including phenoxy) is 2. The average molecular weight is 373 g/mol. The van der Waals surface area contributed by atoms with Gasteiger partial charge in [0.2, 0.25) is 5.91 Å². The van der Waals surface area contributed by atoms with Gasteiger partial charge in [-0.3, -0.25) is 9.59 Å². The third-order valence-corrected chi connectivity index (χ3v) is 3.98. The van der Waals surface area contributed by atoms with Gasteiger partial charge < -0.3 is 24.9 Å². The molecular formula is C19H36N2O5. The van der Waals surface area contributed by atoms with E-state index in [0.29, 0.717) is 45.1 Å². The number of hydrogen-bond acceptors (Lipinski definition) is 6. The number of rotatable bonds is 13. The van der Waals surface area contributed by atoms with Crippen molar-refractivity contribution in [2.45, 2.75) is 52.5 Å². The summed E-state index contributed by atoms with van der Waals surface area (Å²) in [7, 11) is 1.88. The smallest absolute Gasteiger partial charge is 0.222 e. The van der Waals surface area contributed by atoms with Crippen LogP contribution in [0.15, 0.2) is 0 Å². The summed E-state index contributed by atoms with van der Waals surface area (Å²) < 4.78 is 10.7. The van der Waals surface area contributed by atoms with Crippen LogP contribution in [0.2, 0.25) is 0 Å². The maximum Gasteiger partial charge on any atom is 0.222 e. The average Bonchev–Trinajstić information content (AvgIpc) is 2.59. The van der Waals surface area contributed by atoms with Gasteiger partial charge in [-0.2, -0.15) is 0 Å². The first-order valence-electron chi connectivity index (χ1n) is 9.52. The highest BCUT2D eigenvalue weighted by Gasteiger charge is 2.35. The van der Waals surface area contributed by atoms with Gasteiger partial charge in [-0.15, -0.1) is 0 Å². The van der Waals surface area contributed by atoms with Crippen LogP contribution in [-0.2, 0) is 23.9 Å². The number of Topliss-reactive ketones (excluding diaryl/α,β-unsaturated/α-hetero) is 1. The molecule has 1 rings (SSSR count). The number of nitrogens with one attached hydrogen (secondary N) is 2. The molecule has 2 N–H and O–H groups in total. The van der Waals surface area contributed by atoms with Crippen LogP contribution < -0.4 is 10.6 Å². The number of ketones is 1. The molecule has 1 fully saturated rings. The van der Waals surface area contributed by atoms with Gasteiger partial charge in [0, 0.05) is 37.3 Å². The Balaban J connectivity index is 0.00000141. The summed E-state index contributed by atoms with van der Waals surface area (Å²) in [6.45, 7) is 8.61. The molecule has 1 aliphatic rings. The monoisotopic (exact) mass is 372 g/mol. The lowest BCUT2D eigenvalue weighted by atomic mass is 9.75. The largest absolute Gasteiger partial charge is 0.379 e. The van der Waals surface area contributed by atoms with E-state index in [4.69, 9.17) is 9.47 Å². The van der Waals surface area contributed by atoms with Crippen molar-refractivity contribution in [1.82, 2.24) is 10.6 Å². The maximum atomic E-state index is 11.7. The van der Waals surface area contributed by atoms with Crippen molar-refractivity contribution in [3.63, 3.8) is 0 Å². The van der Waals surface area contributed by atoms with E-state index in [1.165, 1.54) is 0 Å². The molecule has 0 unspecified atom stereocenters. The fourth-order valence-corrected chi connectivity index (χ4v) is 2.40. The minimum atomic E-state index is -0.00320. The van der Waals surface area contributed by atoms with Crippen LogP contribution in [0, 0.1) is 11.8 Å². The van der Waals surface area contributed by atoms with Crippen LogP contribution in [0.3, 0.4) is 0 Å². The highest BCUT2D eigenvalue weighted by Crippen LogP contribution is 2.30. The van der Waals surface area contributed by atoms with Gasteiger partial charge in [-0.05, 0) is 19.9 Å². The van der Waals surface area contributed by atoms with Gasteiger partial charge in [0.1, 0.15) is 12.1 Å². The van der Waals surface area contributed by atoms with E-state index in [1.807, 2.05) is 27.8 Å².